The summed E-state index contributed by atoms with van der Waals surface area (Å²) in [5, 5.41) is 0. The first kappa shape index (κ1) is 20.9. The molecule has 1 atom stereocenters. The van der Waals surface area contributed by atoms with Crippen molar-refractivity contribution in [3.05, 3.63) is 84.2 Å². The van der Waals surface area contributed by atoms with Crippen molar-refractivity contribution in [3.8, 4) is 11.5 Å². The number of anilines is 1. The standard InChI is InChI=1S/C26H28N2O3/c1-3-30-23-10-6-22(7-11-23)28-17-25(18-28)31-24-8-4-20(5-9-24)19(2)16-26(29)21-12-14-27-15-13-21/h4-15,19,25H,3,16-18H2,1-2H3/t19-/m1/s1. The number of pyridine rings is 1. The van der Waals surface area contributed by atoms with Crippen LogP contribution in [0.1, 0.15) is 42.1 Å². The highest BCUT2D eigenvalue weighted by atomic mass is 16.5. The second-order valence-corrected chi connectivity index (χ2v) is 7.91. The number of nitrogens with zero attached hydrogens (tertiary/aromatic N) is 2. The van der Waals surface area contributed by atoms with Crippen molar-refractivity contribution in [2.24, 2.45) is 0 Å². The summed E-state index contributed by atoms with van der Waals surface area (Å²) < 4.78 is 11.6. The minimum Gasteiger partial charge on any atom is -0.494 e. The predicted octanol–water partition coefficient (Wildman–Crippen LogP) is 5.12. The van der Waals surface area contributed by atoms with Crippen molar-refractivity contribution in [3.63, 3.8) is 0 Å². The molecule has 0 spiro atoms. The molecule has 0 saturated carbocycles. The zero-order chi connectivity index (χ0) is 21.6. The fourth-order valence-electron chi connectivity index (χ4n) is 3.76. The van der Waals surface area contributed by atoms with Crippen LogP contribution in [0.25, 0.3) is 0 Å². The Balaban J connectivity index is 1.26. The van der Waals surface area contributed by atoms with Gasteiger partial charge in [0.2, 0.25) is 0 Å². The number of ketones is 1. The van der Waals surface area contributed by atoms with Gasteiger partial charge in [-0.15, -0.1) is 0 Å². The van der Waals surface area contributed by atoms with Crippen molar-refractivity contribution in [1.82, 2.24) is 4.98 Å². The summed E-state index contributed by atoms with van der Waals surface area (Å²) in [4.78, 5) is 18.7. The van der Waals surface area contributed by atoms with E-state index in [1.165, 1.54) is 5.69 Å². The molecule has 4 rings (SSSR count). The molecule has 2 heterocycles. The van der Waals surface area contributed by atoms with Gasteiger partial charge < -0.3 is 14.4 Å². The van der Waals surface area contributed by atoms with Crippen molar-refractivity contribution >= 4 is 11.5 Å². The summed E-state index contributed by atoms with van der Waals surface area (Å²) in [5.41, 5.74) is 3.04. The molecule has 0 bridgehead atoms. The van der Waals surface area contributed by atoms with Crippen LogP contribution in [-0.2, 0) is 0 Å². The molecule has 0 N–H and O–H groups in total. The zero-order valence-corrected chi connectivity index (χ0v) is 18.0. The second-order valence-electron chi connectivity index (χ2n) is 7.91. The number of benzene rings is 2. The highest BCUT2D eigenvalue weighted by Crippen LogP contribution is 2.28. The van der Waals surface area contributed by atoms with Crippen molar-refractivity contribution in [1.29, 1.82) is 0 Å². The van der Waals surface area contributed by atoms with Gasteiger partial charge in [0, 0.05) is 30.1 Å². The Morgan fingerprint density at radius 3 is 2.29 bits per heavy atom. The van der Waals surface area contributed by atoms with E-state index < -0.39 is 0 Å². The number of carbonyl (C=O) groups is 1. The highest BCUT2D eigenvalue weighted by Gasteiger charge is 2.28. The van der Waals surface area contributed by atoms with E-state index in [1.54, 1.807) is 24.5 Å². The van der Waals surface area contributed by atoms with Crippen LogP contribution in [0.4, 0.5) is 5.69 Å². The van der Waals surface area contributed by atoms with Gasteiger partial charge in [0.1, 0.15) is 17.6 Å². The monoisotopic (exact) mass is 416 g/mol. The van der Waals surface area contributed by atoms with Gasteiger partial charge in [-0.2, -0.15) is 0 Å². The van der Waals surface area contributed by atoms with Crippen molar-refractivity contribution < 1.29 is 14.3 Å². The van der Waals surface area contributed by atoms with E-state index in [2.05, 4.69) is 41.1 Å². The summed E-state index contributed by atoms with van der Waals surface area (Å²) >= 11 is 0. The lowest BCUT2D eigenvalue weighted by Crippen LogP contribution is -2.54. The summed E-state index contributed by atoms with van der Waals surface area (Å²) in [7, 11) is 0. The van der Waals surface area contributed by atoms with E-state index in [4.69, 9.17) is 9.47 Å². The normalized spacial score (nSPS) is 14.6. The first-order valence-corrected chi connectivity index (χ1v) is 10.8. The van der Waals surface area contributed by atoms with Crippen molar-refractivity contribution in [2.45, 2.75) is 32.3 Å². The van der Waals surface area contributed by atoms with E-state index in [9.17, 15) is 4.79 Å². The summed E-state index contributed by atoms with van der Waals surface area (Å²) in [6, 6.07) is 19.8. The fourth-order valence-corrected chi connectivity index (χ4v) is 3.76. The summed E-state index contributed by atoms with van der Waals surface area (Å²) in [6.07, 6.45) is 3.97. The Morgan fingerprint density at radius 2 is 1.65 bits per heavy atom. The number of hydrogen-bond acceptors (Lipinski definition) is 5. The predicted molar refractivity (Wildman–Crippen MR) is 122 cm³/mol. The Hall–Kier alpha value is -3.34. The minimum absolute atomic E-state index is 0.138. The lowest BCUT2D eigenvalue weighted by atomic mass is 9.93. The fraction of sp³-hybridized carbons (Fsp3) is 0.308. The average Bonchev–Trinajstić information content (AvgIpc) is 2.78. The number of rotatable bonds is 9. The van der Waals surface area contributed by atoms with Crippen LogP contribution in [0.2, 0.25) is 0 Å². The molecule has 1 saturated heterocycles. The molecule has 0 unspecified atom stereocenters. The molecule has 1 aliphatic heterocycles. The number of ether oxygens (including phenoxy) is 2. The average molecular weight is 417 g/mol. The van der Waals surface area contributed by atoms with Crippen LogP contribution in [0, 0.1) is 0 Å². The van der Waals surface area contributed by atoms with Crippen LogP contribution in [0.15, 0.2) is 73.1 Å². The maximum absolute atomic E-state index is 12.4. The summed E-state index contributed by atoms with van der Waals surface area (Å²) in [5.74, 6) is 2.05. The minimum atomic E-state index is 0.138. The SMILES string of the molecule is CCOc1ccc(N2CC(Oc3ccc([C@H](C)CC(=O)c4ccncc4)cc3)C2)cc1. The first-order chi connectivity index (χ1) is 15.1. The molecule has 0 radical (unpaired) electrons. The number of carbonyl (C=O) groups excluding carboxylic acids is 1. The van der Waals surface area contributed by atoms with E-state index in [-0.39, 0.29) is 17.8 Å². The van der Waals surface area contributed by atoms with E-state index in [1.807, 2.05) is 31.2 Å². The van der Waals surface area contributed by atoms with Gasteiger partial charge in [-0.1, -0.05) is 19.1 Å². The molecule has 160 valence electrons. The molecular weight excluding hydrogens is 388 g/mol. The molecule has 0 aliphatic carbocycles. The topological polar surface area (TPSA) is 51.7 Å². The smallest absolute Gasteiger partial charge is 0.163 e. The third-order valence-electron chi connectivity index (χ3n) is 5.61. The number of hydrogen-bond donors (Lipinski definition) is 0. The summed E-state index contributed by atoms with van der Waals surface area (Å²) in [6.45, 7) is 6.48. The molecular formula is C26H28N2O3. The molecule has 0 amide bonds. The molecule has 1 aliphatic rings. The van der Waals surface area contributed by atoms with Crippen LogP contribution >= 0.6 is 0 Å². The maximum Gasteiger partial charge on any atom is 0.163 e. The van der Waals surface area contributed by atoms with Gasteiger partial charge in [0.05, 0.1) is 19.7 Å². The van der Waals surface area contributed by atoms with E-state index >= 15 is 0 Å². The van der Waals surface area contributed by atoms with Crippen LogP contribution < -0.4 is 14.4 Å². The van der Waals surface area contributed by atoms with Crippen molar-refractivity contribution in [2.75, 3.05) is 24.6 Å². The lowest BCUT2D eigenvalue weighted by molar-refractivity contribution is 0.0975. The third kappa shape index (κ3) is 5.23. The Labute approximate surface area is 183 Å². The van der Waals surface area contributed by atoms with Gasteiger partial charge in [-0.05, 0) is 66.9 Å². The first-order valence-electron chi connectivity index (χ1n) is 10.8. The molecule has 1 fully saturated rings. The van der Waals surface area contributed by atoms with Gasteiger partial charge >= 0.3 is 0 Å². The Bertz CT molecular complexity index is 981. The van der Waals surface area contributed by atoms with E-state index in [0.717, 1.165) is 30.2 Å². The second kappa shape index (κ2) is 9.65. The van der Waals surface area contributed by atoms with Crippen LogP contribution in [-0.4, -0.2) is 36.6 Å². The van der Waals surface area contributed by atoms with Gasteiger partial charge in [0.25, 0.3) is 0 Å². The molecule has 31 heavy (non-hydrogen) atoms. The maximum atomic E-state index is 12.4. The quantitative estimate of drug-likeness (QED) is 0.453. The Morgan fingerprint density at radius 1 is 1.00 bits per heavy atom. The number of Topliss-reactive ketones (excluding diaryl/α,β-unsaturated/α-hetero) is 1. The lowest BCUT2D eigenvalue weighted by Gasteiger charge is -2.40. The number of aromatic nitrogens is 1. The zero-order valence-electron chi connectivity index (χ0n) is 18.0. The third-order valence-corrected chi connectivity index (χ3v) is 5.61. The van der Waals surface area contributed by atoms with Gasteiger partial charge in [-0.3, -0.25) is 9.78 Å². The Kier molecular flexibility index (Phi) is 6.51. The van der Waals surface area contributed by atoms with Gasteiger partial charge in [-0.25, -0.2) is 0 Å². The molecule has 5 nitrogen and oxygen atoms in total. The highest BCUT2D eigenvalue weighted by molar-refractivity contribution is 5.96. The molecule has 1 aromatic heterocycles. The molecule has 5 heteroatoms. The van der Waals surface area contributed by atoms with Crippen LogP contribution in [0.5, 0.6) is 11.5 Å². The van der Waals surface area contributed by atoms with Crippen LogP contribution in [0.3, 0.4) is 0 Å². The van der Waals surface area contributed by atoms with E-state index in [0.29, 0.717) is 18.6 Å². The van der Waals surface area contributed by atoms with Gasteiger partial charge in [0.15, 0.2) is 5.78 Å². The molecule has 3 aromatic rings. The molecule has 2 aromatic carbocycles. The largest absolute Gasteiger partial charge is 0.494 e.